The minimum Gasteiger partial charge on any atom is -0.291 e. The number of nitrogens with zero attached hydrogens (tertiary/aromatic N) is 2. The minimum atomic E-state index is -1.23. The molecule has 0 radical (unpaired) electrons. The molecular formula is C24H13BrCl2N2O3S2. The van der Waals surface area contributed by atoms with Gasteiger partial charge in [-0.05, 0) is 48.2 Å². The van der Waals surface area contributed by atoms with Crippen LogP contribution < -0.4 is 0 Å². The highest BCUT2D eigenvalue weighted by atomic mass is 79.9. The van der Waals surface area contributed by atoms with Crippen LogP contribution in [0.1, 0.15) is 31.1 Å². The quantitative estimate of drug-likeness (QED) is 0.249. The Kier molecular flexibility index (Phi) is 7.64. The van der Waals surface area contributed by atoms with Gasteiger partial charge in [-0.15, -0.1) is 0 Å². The third-order valence-corrected chi connectivity index (χ3v) is 7.43. The zero-order chi connectivity index (χ0) is 24.4. The van der Waals surface area contributed by atoms with Crippen LogP contribution in [-0.2, 0) is 0 Å². The minimum absolute atomic E-state index is 0.0863. The normalized spacial score (nSPS) is 16.7. The maximum absolute atomic E-state index is 13.6. The molecule has 1 atom stereocenters. The summed E-state index contributed by atoms with van der Waals surface area (Å²) in [5.41, 5.74) is 0.682. The number of rotatable bonds is 4. The Morgan fingerprint density at radius 1 is 0.882 bits per heavy atom. The Hall–Kier alpha value is -2.36. The molecule has 2 amide bonds. The van der Waals surface area contributed by atoms with Gasteiger partial charge in [0.05, 0.1) is 21.2 Å². The summed E-state index contributed by atoms with van der Waals surface area (Å²) in [7, 11) is 0. The average Bonchev–Trinajstić information content (AvgIpc) is 3.14. The van der Waals surface area contributed by atoms with Gasteiger partial charge >= 0.3 is 0 Å². The summed E-state index contributed by atoms with van der Waals surface area (Å²) in [6, 6.07) is 18.3. The topological polar surface area (TPSA) is 66.8 Å². The van der Waals surface area contributed by atoms with Crippen LogP contribution >= 0.6 is 63.1 Å². The van der Waals surface area contributed by atoms with Crippen molar-refractivity contribution in [3.8, 4) is 0 Å². The lowest BCUT2D eigenvalue weighted by Gasteiger charge is -2.23. The molecule has 1 aliphatic rings. The molecule has 1 fully saturated rings. The van der Waals surface area contributed by atoms with Crippen molar-refractivity contribution in [2.24, 2.45) is 4.99 Å². The number of thioether (sulfide) groups is 1. The second kappa shape index (κ2) is 10.5. The number of Topliss-reactive ketones (excluding diaryl/α,β-unsaturated/α-hetero) is 1. The molecule has 3 aromatic rings. The molecular weight excluding hydrogens is 579 g/mol. The molecule has 0 aromatic heterocycles. The first-order valence-electron chi connectivity index (χ1n) is 9.75. The van der Waals surface area contributed by atoms with Crippen molar-refractivity contribution in [1.82, 2.24) is 4.90 Å². The predicted molar refractivity (Wildman–Crippen MR) is 143 cm³/mol. The molecule has 0 saturated carbocycles. The van der Waals surface area contributed by atoms with Crippen molar-refractivity contribution >= 4 is 90.1 Å². The van der Waals surface area contributed by atoms with Crippen LogP contribution in [0, 0.1) is 0 Å². The predicted octanol–water partition coefficient (Wildman–Crippen LogP) is 6.72. The van der Waals surface area contributed by atoms with E-state index < -0.39 is 23.6 Å². The van der Waals surface area contributed by atoms with Gasteiger partial charge in [-0.25, -0.2) is 4.99 Å². The number of thiocarbonyl (C=S) groups is 1. The fourth-order valence-electron chi connectivity index (χ4n) is 3.26. The molecule has 5 nitrogen and oxygen atoms in total. The van der Waals surface area contributed by atoms with Crippen molar-refractivity contribution in [1.29, 1.82) is 0 Å². The molecule has 0 N–H and O–H groups in total. The SMILES string of the molecule is O=C(N=C1SC(=S)N(C(=O)c2ccccc2Cl)[C@@H]1C(=O)c1ccc(Br)cc1)c1ccccc1Cl. The van der Waals surface area contributed by atoms with E-state index in [2.05, 4.69) is 20.9 Å². The number of hydrogen-bond acceptors (Lipinski definition) is 5. The second-order valence-electron chi connectivity index (χ2n) is 7.03. The summed E-state index contributed by atoms with van der Waals surface area (Å²) < 4.78 is 0.873. The summed E-state index contributed by atoms with van der Waals surface area (Å²) in [6.07, 6.45) is 0. The Balaban J connectivity index is 1.80. The number of halogens is 3. The molecule has 4 rings (SSSR count). The Morgan fingerprint density at radius 3 is 2.03 bits per heavy atom. The number of amides is 2. The second-order valence-corrected chi connectivity index (χ2v) is 10.4. The molecule has 10 heteroatoms. The molecule has 0 bridgehead atoms. The van der Waals surface area contributed by atoms with Crippen molar-refractivity contribution in [3.63, 3.8) is 0 Å². The monoisotopic (exact) mass is 590 g/mol. The van der Waals surface area contributed by atoms with E-state index in [1.165, 1.54) is 6.07 Å². The Morgan fingerprint density at radius 2 is 1.44 bits per heavy atom. The molecule has 1 aliphatic heterocycles. The number of hydrogen-bond donors (Lipinski definition) is 0. The van der Waals surface area contributed by atoms with Gasteiger partial charge < -0.3 is 0 Å². The first-order chi connectivity index (χ1) is 16.3. The number of carbonyl (C=O) groups excluding carboxylic acids is 3. The van der Waals surface area contributed by atoms with Crippen LogP contribution in [0.25, 0.3) is 0 Å². The van der Waals surface area contributed by atoms with E-state index in [1.54, 1.807) is 66.7 Å². The number of carbonyl (C=O) groups is 3. The van der Waals surface area contributed by atoms with Crippen molar-refractivity contribution in [3.05, 3.63) is 104 Å². The number of benzene rings is 3. The lowest BCUT2D eigenvalue weighted by molar-refractivity contribution is 0.0777. The molecule has 1 heterocycles. The third-order valence-electron chi connectivity index (χ3n) is 4.90. The Labute approximate surface area is 223 Å². The third kappa shape index (κ3) is 5.01. The van der Waals surface area contributed by atoms with Gasteiger partial charge in [0.2, 0.25) is 0 Å². The van der Waals surface area contributed by atoms with Gasteiger partial charge in [0, 0.05) is 10.0 Å². The van der Waals surface area contributed by atoms with E-state index in [4.69, 9.17) is 35.4 Å². The standard InChI is InChI=1S/C24H13BrCl2N2O3S2/c25-14-11-9-13(10-12-14)20(30)19-22(28-21(31)15-5-1-3-7-17(15)26)34-24(33)29(19)23(32)16-6-2-4-8-18(16)27/h1-12,19H/t19-/m1/s1. The van der Waals surface area contributed by atoms with Gasteiger partial charge in [0.1, 0.15) is 9.36 Å². The molecule has 1 saturated heterocycles. The average molecular weight is 592 g/mol. The highest BCUT2D eigenvalue weighted by molar-refractivity contribution is 9.10. The zero-order valence-corrected chi connectivity index (χ0v) is 21.8. The molecule has 3 aromatic carbocycles. The van der Waals surface area contributed by atoms with E-state index in [1.807, 2.05) is 0 Å². The highest BCUT2D eigenvalue weighted by Crippen LogP contribution is 2.33. The van der Waals surface area contributed by atoms with Crippen molar-refractivity contribution in [2.45, 2.75) is 6.04 Å². The molecule has 34 heavy (non-hydrogen) atoms. The fraction of sp³-hybridized carbons (Fsp3) is 0.0417. The van der Waals surface area contributed by atoms with Crippen LogP contribution in [0.3, 0.4) is 0 Å². The first kappa shape index (κ1) is 24.8. The van der Waals surface area contributed by atoms with E-state index in [-0.39, 0.29) is 30.5 Å². The van der Waals surface area contributed by atoms with Gasteiger partial charge in [-0.2, -0.15) is 0 Å². The molecule has 0 aliphatic carbocycles. The van der Waals surface area contributed by atoms with Crippen molar-refractivity contribution < 1.29 is 14.4 Å². The molecule has 0 unspecified atom stereocenters. The van der Waals surface area contributed by atoms with Gasteiger partial charge in [-0.1, -0.05) is 87.7 Å². The lowest BCUT2D eigenvalue weighted by Crippen LogP contribution is -2.45. The van der Waals surface area contributed by atoms with Gasteiger partial charge in [0.25, 0.3) is 11.8 Å². The number of aliphatic imine (C=N–C) groups is 1. The first-order valence-corrected chi connectivity index (χ1v) is 12.5. The molecule has 170 valence electrons. The summed E-state index contributed by atoms with van der Waals surface area (Å²) in [5, 5.41) is 0.526. The molecule has 0 spiro atoms. The zero-order valence-electron chi connectivity index (χ0n) is 17.1. The van der Waals surface area contributed by atoms with Crippen LogP contribution in [0.5, 0.6) is 0 Å². The smallest absolute Gasteiger partial charge is 0.279 e. The van der Waals surface area contributed by atoms with Gasteiger partial charge in [-0.3, -0.25) is 19.3 Å². The summed E-state index contributed by atoms with van der Waals surface area (Å²) in [4.78, 5) is 45.3. The van der Waals surface area contributed by atoms with Crippen LogP contribution in [0.4, 0.5) is 0 Å². The summed E-state index contributed by atoms with van der Waals surface area (Å²) >= 11 is 22.1. The summed E-state index contributed by atoms with van der Waals surface area (Å²) in [6.45, 7) is 0. The van der Waals surface area contributed by atoms with Crippen molar-refractivity contribution in [2.75, 3.05) is 0 Å². The highest BCUT2D eigenvalue weighted by Gasteiger charge is 2.45. The largest absolute Gasteiger partial charge is 0.291 e. The lowest BCUT2D eigenvalue weighted by atomic mass is 10.0. The van der Waals surface area contributed by atoms with Crippen LogP contribution in [0.15, 0.2) is 82.3 Å². The number of ketones is 1. The van der Waals surface area contributed by atoms with Crippen LogP contribution in [0.2, 0.25) is 10.0 Å². The maximum Gasteiger partial charge on any atom is 0.279 e. The fourth-order valence-corrected chi connectivity index (χ4v) is 5.32. The van der Waals surface area contributed by atoms with E-state index in [0.717, 1.165) is 21.1 Å². The van der Waals surface area contributed by atoms with E-state index >= 15 is 0 Å². The van der Waals surface area contributed by atoms with E-state index in [9.17, 15) is 14.4 Å². The van der Waals surface area contributed by atoms with Gasteiger partial charge in [0.15, 0.2) is 11.8 Å². The Bertz CT molecular complexity index is 1360. The van der Waals surface area contributed by atoms with Crippen LogP contribution in [-0.4, -0.2) is 37.9 Å². The van der Waals surface area contributed by atoms with E-state index in [0.29, 0.717) is 5.56 Å². The maximum atomic E-state index is 13.6. The summed E-state index contributed by atoms with van der Waals surface area (Å²) in [5.74, 6) is -1.64.